The second kappa shape index (κ2) is 9.49. The van der Waals surface area contributed by atoms with Gasteiger partial charge in [-0.1, -0.05) is 47.4 Å². The normalized spacial score (nSPS) is 17.4. The lowest BCUT2D eigenvalue weighted by atomic mass is 9.92. The lowest BCUT2D eigenvalue weighted by Gasteiger charge is -2.45. The number of anilines is 1. The monoisotopic (exact) mass is 438 g/mol. The summed E-state index contributed by atoms with van der Waals surface area (Å²) in [6.45, 7) is 4.72. The van der Waals surface area contributed by atoms with Gasteiger partial charge in [-0.15, -0.1) is 0 Å². The molecule has 0 saturated carbocycles. The molecule has 32 heavy (non-hydrogen) atoms. The van der Waals surface area contributed by atoms with Gasteiger partial charge in [0, 0.05) is 30.7 Å². The van der Waals surface area contributed by atoms with Crippen molar-refractivity contribution in [1.82, 2.24) is 4.90 Å². The van der Waals surface area contributed by atoms with Crippen molar-refractivity contribution in [3.05, 3.63) is 94.0 Å². The fourth-order valence-corrected chi connectivity index (χ4v) is 4.58. The number of nitrogens with zero attached hydrogens (tertiary/aromatic N) is 4. The number of benzene rings is 3. The highest BCUT2D eigenvalue weighted by atomic mass is 35.5. The minimum atomic E-state index is 0.0941. The van der Waals surface area contributed by atoms with Gasteiger partial charge in [0.15, 0.2) is 0 Å². The molecule has 0 radical (unpaired) electrons. The van der Waals surface area contributed by atoms with Crippen molar-refractivity contribution in [2.45, 2.75) is 19.0 Å². The van der Waals surface area contributed by atoms with Crippen LogP contribution in [-0.2, 0) is 0 Å². The van der Waals surface area contributed by atoms with Crippen molar-refractivity contribution in [2.24, 2.45) is 0 Å². The number of piperazine rings is 1. The Morgan fingerprint density at radius 3 is 2.34 bits per heavy atom. The van der Waals surface area contributed by atoms with Gasteiger partial charge < -0.3 is 4.90 Å². The Kier molecular flexibility index (Phi) is 6.51. The van der Waals surface area contributed by atoms with E-state index in [1.807, 2.05) is 50.3 Å². The fourth-order valence-electron chi connectivity index (χ4n) is 4.45. The van der Waals surface area contributed by atoms with Gasteiger partial charge in [0.1, 0.15) is 13.9 Å². The number of halogens is 1. The van der Waals surface area contributed by atoms with Crippen LogP contribution < -0.4 is 10.4 Å². The highest BCUT2D eigenvalue weighted by Gasteiger charge is 2.32. The molecule has 4 rings (SSSR count). The molecule has 2 atom stereocenters. The Morgan fingerprint density at radius 2 is 1.69 bits per heavy atom. The first-order valence-electron chi connectivity index (χ1n) is 10.8. The van der Waals surface area contributed by atoms with E-state index in [2.05, 4.69) is 53.1 Å². The standard InChI is InChI=1S/C26H24BClN4/c1-18(20-4-2-19(15-29)3-5-20)31-12-13-32(25-11-8-23(27)14-22(25)16-30)26(17-31)21-6-9-24(28)10-7-21/h2-11,14,18,26H,12-13,17,27H2,1H3/t18?,26-/m0/s1. The van der Waals surface area contributed by atoms with Crippen molar-refractivity contribution < 1.29 is 0 Å². The summed E-state index contributed by atoms with van der Waals surface area (Å²) in [5, 5.41) is 19.6. The molecule has 3 aromatic rings. The van der Waals surface area contributed by atoms with Crippen molar-refractivity contribution in [2.75, 3.05) is 24.5 Å². The first-order chi connectivity index (χ1) is 15.5. The molecule has 0 N–H and O–H groups in total. The molecule has 1 fully saturated rings. The molecule has 0 aliphatic carbocycles. The minimum absolute atomic E-state index is 0.0941. The summed E-state index contributed by atoms with van der Waals surface area (Å²) in [4.78, 5) is 4.82. The van der Waals surface area contributed by atoms with E-state index in [1.165, 1.54) is 11.1 Å². The summed E-state index contributed by atoms with van der Waals surface area (Å²) in [6, 6.07) is 26.8. The van der Waals surface area contributed by atoms with Gasteiger partial charge in [0.05, 0.1) is 28.9 Å². The summed E-state index contributed by atoms with van der Waals surface area (Å²) in [6.07, 6.45) is 0. The van der Waals surface area contributed by atoms with Gasteiger partial charge in [-0.05, 0) is 54.4 Å². The molecule has 3 aromatic carbocycles. The summed E-state index contributed by atoms with van der Waals surface area (Å²) < 4.78 is 0. The molecule has 0 bridgehead atoms. The summed E-state index contributed by atoms with van der Waals surface area (Å²) >= 11 is 6.16. The number of nitriles is 2. The van der Waals surface area contributed by atoms with Crippen molar-refractivity contribution in [3.8, 4) is 12.1 Å². The van der Waals surface area contributed by atoms with Crippen LogP contribution in [0, 0.1) is 22.7 Å². The predicted molar refractivity (Wildman–Crippen MR) is 132 cm³/mol. The van der Waals surface area contributed by atoms with Gasteiger partial charge in [-0.3, -0.25) is 4.90 Å². The highest BCUT2D eigenvalue weighted by Crippen LogP contribution is 2.35. The summed E-state index contributed by atoms with van der Waals surface area (Å²) in [5.41, 5.74) is 5.81. The van der Waals surface area contributed by atoms with Crippen LogP contribution in [0.25, 0.3) is 0 Å². The van der Waals surface area contributed by atoms with Gasteiger partial charge >= 0.3 is 0 Å². The first kappa shape index (κ1) is 22.0. The van der Waals surface area contributed by atoms with Crippen LogP contribution in [0.4, 0.5) is 5.69 Å². The summed E-state index contributed by atoms with van der Waals surface area (Å²) in [7, 11) is 2.01. The Balaban J connectivity index is 1.67. The average molecular weight is 439 g/mol. The maximum atomic E-state index is 9.77. The van der Waals surface area contributed by atoms with Gasteiger partial charge in [-0.2, -0.15) is 10.5 Å². The molecule has 158 valence electrons. The van der Waals surface area contributed by atoms with Crippen molar-refractivity contribution >= 4 is 30.6 Å². The molecule has 1 heterocycles. The first-order valence-corrected chi connectivity index (χ1v) is 11.1. The molecular weight excluding hydrogens is 415 g/mol. The van der Waals surface area contributed by atoms with E-state index >= 15 is 0 Å². The van der Waals surface area contributed by atoms with Crippen LogP contribution in [-0.4, -0.2) is 32.4 Å². The van der Waals surface area contributed by atoms with E-state index in [4.69, 9.17) is 16.9 Å². The second-order valence-electron chi connectivity index (χ2n) is 8.30. The molecule has 4 nitrogen and oxygen atoms in total. The van der Waals surface area contributed by atoms with E-state index < -0.39 is 0 Å². The molecule has 0 aromatic heterocycles. The number of rotatable bonds is 4. The fraction of sp³-hybridized carbons (Fsp3) is 0.231. The van der Waals surface area contributed by atoms with Crippen LogP contribution in [0.15, 0.2) is 66.7 Å². The quantitative estimate of drug-likeness (QED) is 0.579. The second-order valence-corrected chi connectivity index (χ2v) is 8.73. The molecule has 1 aliphatic heterocycles. The number of hydrogen-bond donors (Lipinski definition) is 0. The van der Waals surface area contributed by atoms with Crippen molar-refractivity contribution in [1.29, 1.82) is 10.5 Å². The third-order valence-electron chi connectivity index (χ3n) is 6.32. The molecule has 0 amide bonds. The minimum Gasteiger partial charge on any atom is -0.361 e. The van der Waals surface area contributed by atoms with Crippen LogP contribution >= 0.6 is 11.6 Å². The molecule has 1 aliphatic rings. The smallest absolute Gasteiger partial charge is 0.139 e. The average Bonchev–Trinajstić information content (AvgIpc) is 2.84. The van der Waals surface area contributed by atoms with Crippen LogP contribution in [0.3, 0.4) is 0 Å². The maximum Gasteiger partial charge on any atom is 0.139 e. The zero-order valence-corrected chi connectivity index (χ0v) is 19.0. The van der Waals surface area contributed by atoms with Crippen LogP contribution in [0.5, 0.6) is 0 Å². The van der Waals surface area contributed by atoms with Gasteiger partial charge in [0.2, 0.25) is 0 Å². The van der Waals surface area contributed by atoms with Gasteiger partial charge in [0.25, 0.3) is 0 Å². The largest absolute Gasteiger partial charge is 0.361 e. The third kappa shape index (κ3) is 4.51. The molecular formula is C26H24BClN4. The predicted octanol–water partition coefficient (Wildman–Crippen LogP) is 3.97. The zero-order chi connectivity index (χ0) is 22.7. The number of hydrogen-bond acceptors (Lipinski definition) is 4. The van der Waals surface area contributed by atoms with Crippen LogP contribution in [0.1, 0.15) is 41.3 Å². The van der Waals surface area contributed by atoms with Gasteiger partial charge in [-0.25, -0.2) is 0 Å². The zero-order valence-electron chi connectivity index (χ0n) is 18.3. The summed E-state index contributed by atoms with van der Waals surface area (Å²) in [5.74, 6) is 0. The third-order valence-corrected chi connectivity index (χ3v) is 6.57. The Morgan fingerprint density at radius 1 is 0.969 bits per heavy atom. The van der Waals surface area contributed by atoms with E-state index in [0.29, 0.717) is 16.1 Å². The Labute approximate surface area is 195 Å². The molecule has 0 spiro atoms. The van der Waals surface area contributed by atoms with E-state index in [-0.39, 0.29) is 12.1 Å². The van der Waals surface area contributed by atoms with Crippen LogP contribution in [0.2, 0.25) is 5.02 Å². The lowest BCUT2D eigenvalue weighted by molar-refractivity contribution is 0.171. The van der Waals surface area contributed by atoms with E-state index in [1.54, 1.807) is 0 Å². The lowest BCUT2D eigenvalue weighted by Crippen LogP contribution is -2.49. The Bertz CT molecular complexity index is 1180. The highest BCUT2D eigenvalue weighted by molar-refractivity contribution is 6.32. The Hall–Kier alpha value is -3.25. The molecule has 1 unspecified atom stereocenters. The van der Waals surface area contributed by atoms with Crippen molar-refractivity contribution in [3.63, 3.8) is 0 Å². The maximum absolute atomic E-state index is 9.77. The van der Waals surface area contributed by atoms with E-state index in [0.717, 1.165) is 30.8 Å². The van der Waals surface area contributed by atoms with E-state index in [9.17, 15) is 5.26 Å². The SMILES string of the molecule is Bc1ccc(N2CCN(C(C)c3ccc(C#N)cc3)C[C@H]2c2ccc(Cl)cc2)c(C#N)c1. The molecule has 1 saturated heterocycles. The topological polar surface area (TPSA) is 54.1 Å². The molecule has 6 heteroatoms.